The van der Waals surface area contributed by atoms with Crippen LogP contribution in [0.4, 0.5) is 4.79 Å². The summed E-state index contributed by atoms with van der Waals surface area (Å²) in [6, 6.07) is 8.78. The number of carbonyl (C=O) groups is 1. The molecule has 126 valence electrons. The second-order valence-electron chi connectivity index (χ2n) is 5.27. The number of fused-ring (bicyclic) bond motifs is 1. The second-order valence-corrected chi connectivity index (χ2v) is 5.27. The highest BCUT2D eigenvalue weighted by Crippen LogP contribution is 2.34. The summed E-state index contributed by atoms with van der Waals surface area (Å²) >= 11 is 0. The third-order valence-electron chi connectivity index (χ3n) is 3.55. The number of nitrogens with zero attached hydrogens (tertiary/aromatic N) is 1. The Bertz CT molecular complexity index is 693. The molecule has 0 unspecified atom stereocenters. The van der Waals surface area contributed by atoms with Crippen LogP contribution in [0.5, 0.6) is 17.2 Å². The lowest BCUT2D eigenvalue weighted by Gasteiger charge is -2.15. The number of urea groups is 1. The Hall–Kier alpha value is -2.96. The van der Waals surface area contributed by atoms with Gasteiger partial charge in [0.05, 0.1) is 12.6 Å². The van der Waals surface area contributed by atoms with Crippen LogP contribution in [0.15, 0.2) is 42.7 Å². The first-order valence-electron chi connectivity index (χ1n) is 7.69. The van der Waals surface area contributed by atoms with Crippen LogP contribution in [0.25, 0.3) is 0 Å². The zero-order chi connectivity index (χ0) is 16.8. The molecule has 24 heavy (non-hydrogen) atoms. The predicted molar refractivity (Wildman–Crippen MR) is 87.2 cm³/mol. The number of aromatic nitrogens is 1. The minimum Gasteiger partial charge on any atom is -0.492 e. The summed E-state index contributed by atoms with van der Waals surface area (Å²) in [6.45, 7) is 2.90. The molecule has 7 heteroatoms. The van der Waals surface area contributed by atoms with Crippen molar-refractivity contribution >= 4 is 6.03 Å². The van der Waals surface area contributed by atoms with Crippen molar-refractivity contribution in [2.45, 2.75) is 13.0 Å². The van der Waals surface area contributed by atoms with E-state index >= 15 is 0 Å². The minimum atomic E-state index is -0.242. The number of carbonyl (C=O) groups excluding carboxylic acids is 1. The molecule has 0 fully saturated rings. The number of amides is 2. The van der Waals surface area contributed by atoms with E-state index in [0.717, 1.165) is 5.56 Å². The molecule has 0 saturated carbocycles. The van der Waals surface area contributed by atoms with E-state index in [9.17, 15) is 4.79 Å². The van der Waals surface area contributed by atoms with Crippen LogP contribution in [0.1, 0.15) is 18.5 Å². The van der Waals surface area contributed by atoms with E-state index in [2.05, 4.69) is 15.6 Å². The molecule has 1 atom stereocenters. The monoisotopic (exact) mass is 329 g/mol. The lowest BCUT2D eigenvalue weighted by Crippen LogP contribution is -2.38. The first kappa shape index (κ1) is 15.9. The van der Waals surface area contributed by atoms with E-state index in [1.807, 2.05) is 19.1 Å². The normalized spacial score (nSPS) is 13.2. The number of hydrogen-bond acceptors (Lipinski definition) is 5. The smallest absolute Gasteiger partial charge is 0.315 e. The van der Waals surface area contributed by atoms with Gasteiger partial charge in [-0.05, 0) is 36.8 Å². The average Bonchev–Trinajstić information content (AvgIpc) is 3.07. The van der Waals surface area contributed by atoms with Crippen molar-refractivity contribution in [3.8, 4) is 17.2 Å². The van der Waals surface area contributed by atoms with Gasteiger partial charge in [-0.25, -0.2) is 4.79 Å². The van der Waals surface area contributed by atoms with Gasteiger partial charge in [0, 0.05) is 18.5 Å². The molecule has 0 bridgehead atoms. The third-order valence-corrected chi connectivity index (χ3v) is 3.55. The van der Waals surface area contributed by atoms with Crippen molar-refractivity contribution in [1.29, 1.82) is 0 Å². The highest BCUT2D eigenvalue weighted by molar-refractivity contribution is 5.74. The van der Waals surface area contributed by atoms with Crippen molar-refractivity contribution in [3.63, 3.8) is 0 Å². The molecule has 2 N–H and O–H groups in total. The van der Waals surface area contributed by atoms with Gasteiger partial charge in [0.15, 0.2) is 11.5 Å². The molecule has 1 aliphatic rings. The van der Waals surface area contributed by atoms with Gasteiger partial charge in [0.1, 0.15) is 12.4 Å². The quantitative estimate of drug-likeness (QED) is 0.795. The Balaban J connectivity index is 1.38. The highest BCUT2D eigenvalue weighted by atomic mass is 16.7. The van der Waals surface area contributed by atoms with Crippen molar-refractivity contribution in [2.75, 3.05) is 19.9 Å². The Morgan fingerprint density at radius 2 is 2.04 bits per heavy atom. The summed E-state index contributed by atoms with van der Waals surface area (Å²) < 4.78 is 16.1. The van der Waals surface area contributed by atoms with Crippen LogP contribution >= 0.6 is 0 Å². The van der Waals surface area contributed by atoms with Crippen molar-refractivity contribution in [1.82, 2.24) is 15.6 Å². The molecule has 2 heterocycles. The minimum absolute atomic E-state index is 0.0946. The number of rotatable bonds is 6. The first-order chi connectivity index (χ1) is 11.7. The fourth-order valence-corrected chi connectivity index (χ4v) is 2.28. The molecule has 2 amide bonds. The summed E-state index contributed by atoms with van der Waals surface area (Å²) in [7, 11) is 0. The topological polar surface area (TPSA) is 81.7 Å². The molecule has 0 saturated heterocycles. The number of ether oxygens (including phenoxy) is 3. The molecular formula is C17H19N3O4. The Kier molecular flexibility index (Phi) is 5.00. The molecule has 0 spiro atoms. The first-order valence-corrected chi connectivity index (χ1v) is 7.69. The van der Waals surface area contributed by atoms with Crippen LogP contribution in [-0.2, 0) is 0 Å². The van der Waals surface area contributed by atoms with Gasteiger partial charge in [-0.1, -0.05) is 0 Å². The van der Waals surface area contributed by atoms with Crippen molar-refractivity contribution in [2.24, 2.45) is 0 Å². The van der Waals surface area contributed by atoms with E-state index in [4.69, 9.17) is 14.2 Å². The third kappa shape index (κ3) is 4.07. The molecule has 1 aromatic carbocycles. The van der Waals surface area contributed by atoms with E-state index in [0.29, 0.717) is 30.4 Å². The molecule has 1 aromatic heterocycles. The molecule has 7 nitrogen and oxygen atoms in total. The summed E-state index contributed by atoms with van der Waals surface area (Å²) in [5.41, 5.74) is 0.997. The molecule has 0 radical (unpaired) electrons. The fraction of sp³-hybridized carbons (Fsp3) is 0.294. The van der Waals surface area contributed by atoms with Gasteiger partial charge < -0.3 is 24.8 Å². The van der Waals surface area contributed by atoms with Gasteiger partial charge in [-0.15, -0.1) is 0 Å². The lowest BCUT2D eigenvalue weighted by molar-refractivity contribution is 0.173. The number of nitrogens with one attached hydrogen (secondary N) is 2. The van der Waals surface area contributed by atoms with E-state index < -0.39 is 0 Å². The van der Waals surface area contributed by atoms with Gasteiger partial charge in [-0.2, -0.15) is 0 Å². The summed E-state index contributed by atoms with van der Waals surface area (Å²) in [5, 5.41) is 5.62. The van der Waals surface area contributed by atoms with Gasteiger partial charge in [0.25, 0.3) is 0 Å². The van der Waals surface area contributed by atoms with E-state index in [1.54, 1.807) is 30.6 Å². The van der Waals surface area contributed by atoms with Crippen LogP contribution in [-0.4, -0.2) is 31.0 Å². The zero-order valence-electron chi connectivity index (χ0n) is 13.3. The number of hydrogen-bond donors (Lipinski definition) is 2. The summed E-state index contributed by atoms with van der Waals surface area (Å²) in [4.78, 5) is 15.8. The number of pyridine rings is 1. The molecule has 3 rings (SSSR count). The van der Waals surface area contributed by atoms with Crippen LogP contribution in [0.2, 0.25) is 0 Å². The van der Waals surface area contributed by atoms with Crippen LogP contribution in [0, 0.1) is 0 Å². The molecular weight excluding hydrogens is 310 g/mol. The highest BCUT2D eigenvalue weighted by Gasteiger charge is 2.13. The van der Waals surface area contributed by atoms with E-state index in [-0.39, 0.29) is 18.9 Å². The second kappa shape index (κ2) is 7.54. The van der Waals surface area contributed by atoms with Crippen molar-refractivity contribution in [3.05, 3.63) is 48.3 Å². The van der Waals surface area contributed by atoms with Crippen LogP contribution < -0.4 is 24.8 Å². The molecule has 2 aromatic rings. The predicted octanol–water partition coefficient (Wildman–Crippen LogP) is 2.25. The maximum absolute atomic E-state index is 11.9. The standard InChI is InChI=1S/C17H19N3O4/c1-12(13-4-6-18-7-5-13)20-17(21)19-8-9-22-14-2-3-15-16(10-14)24-11-23-15/h2-7,10,12H,8-9,11H2,1H3,(H2,19,20,21)/t12-/m1/s1. The summed E-state index contributed by atoms with van der Waals surface area (Å²) in [5.74, 6) is 2.06. The average molecular weight is 329 g/mol. The SMILES string of the molecule is C[C@@H](NC(=O)NCCOc1ccc2c(c1)OCO2)c1ccncc1. The molecule has 0 aliphatic carbocycles. The Morgan fingerprint density at radius 1 is 1.25 bits per heavy atom. The Labute approximate surface area is 139 Å². The summed E-state index contributed by atoms with van der Waals surface area (Å²) in [6.07, 6.45) is 3.40. The van der Waals surface area contributed by atoms with Gasteiger partial charge >= 0.3 is 6.03 Å². The maximum atomic E-state index is 11.9. The fourth-order valence-electron chi connectivity index (χ4n) is 2.28. The number of benzene rings is 1. The van der Waals surface area contributed by atoms with E-state index in [1.165, 1.54) is 0 Å². The van der Waals surface area contributed by atoms with Crippen LogP contribution in [0.3, 0.4) is 0 Å². The lowest BCUT2D eigenvalue weighted by atomic mass is 10.1. The van der Waals surface area contributed by atoms with Crippen molar-refractivity contribution < 1.29 is 19.0 Å². The largest absolute Gasteiger partial charge is 0.492 e. The van der Waals surface area contributed by atoms with Gasteiger partial charge in [0.2, 0.25) is 6.79 Å². The maximum Gasteiger partial charge on any atom is 0.315 e. The van der Waals surface area contributed by atoms with Gasteiger partial charge in [-0.3, -0.25) is 4.98 Å². The molecule has 1 aliphatic heterocycles. The zero-order valence-corrected chi connectivity index (χ0v) is 13.3. The Morgan fingerprint density at radius 3 is 2.88 bits per heavy atom.